The number of anilines is 1. The fraction of sp³-hybridized carbons (Fsp3) is 0.613. The molecule has 0 aliphatic heterocycles. The first kappa shape index (κ1) is 32.5. The minimum atomic E-state index is -0.792. The molecule has 1 heterocycles. The number of rotatable bonds is 17. The maximum absolute atomic E-state index is 13.1. The van der Waals surface area contributed by atoms with Gasteiger partial charge in [0.15, 0.2) is 11.5 Å². The molecule has 1 aromatic carbocycles. The summed E-state index contributed by atoms with van der Waals surface area (Å²) >= 11 is 0. The first-order valence-electron chi connectivity index (χ1n) is 14.0. The van der Waals surface area contributed by atoms with E-state index in [4.69, 9.17) is 19.9 Å². The summed E-state index contributed by atoms with van der Waals surface area (Å²) in [6.45, 7) is 11.4. The van der Waals surface area contributed by atoms with Gasteiger partial charge in [0.05, 0.1) is 19.8 Å². The molecule has 0 aliphatic carbocycles. The van der Waals surface area contributed by atoms with Gasteiger partial charge in [-0.05, 0) is 73.8 Å². The maximum atomic E-state index is 13.1. The van der Waals surface area contributed by atoms with Gasteiger partial charge >= 0.3 is 0 Å². The minimum absolute atomic E-state index is 0.0530. The van der Waals surface area contributed by atoms with Gasteiger partial charge in [0.2, 0.25) is 5.91 Å². The van der Waals surface area contributed by atoms with Gasteiger partial charge in [0.1, 0.15) is 0 Å². The molecular weight excluding hydrogens is 494 g/mol. The van der Waals surface area contributed by atoms with E-state index in [1.807, 2.05) is 39.0 Å². The maximum Gasteiger partial charge on any atom is 0.227 e. The van der Waals surface area contributed by atoms with E-state index in [1.165, 1.54) is 0 Å². The normalized spacial score (nSPS) is 14.6. The highest BCUT2D eigenvalue weighted by molar-refractivity contribution is 5.92. The topological polar surface area (TPSA) is 116 Å². The van der Waals surface area contributed by atoms with E-state index in [2.05, 4.69) is 30.2 Å². The third kappa shape index (κ3) is 10.8. The Balaban J connectivity index is 2.04. The summed E-state index contributed by atoms with van der Waals surface area (Å²) in [5.41, 5.74) is 9.22. The van der Waals surface area contributed by atoms with Crippen LogP contribution in [0.25, 0.3) is 0 Å². The third-order valence-electron chi connectivity index (χ3n) is 7.29. The van der Waals surface area contributed by atoms with Crippen LogP contribution in [0.2, 0.25) is 0 Å². The fourth-order valence-electron chi connectivity index (χ4n) is 4.72. The Bertz CT molecular complexity index is 1010. The number of benzene rings is 1. The van der Waals surface area contributed by atoms with Gasteiger partial charge in [-0.2, -0.15) is 0 Å². The molecule has 39 heavy (non-hydrogen) atoms. The minimum Gasteiger partial charge on any atom is -0.493 e. The van der Waals surface area contributed by atoms with Crippen molar-refractivity contribution in [1.82, 2.24) is 4.98 Å². The van der Waals surface area contributed by atoms with Crippen LogP contribution >= 0.6 is 0 Å². The number of hydrogen-bond donors (Lipinski definition) is 3. The van der Waals surface area contributed by atoms with Crippen molar-refractivity contribution >= 4 is 11.6 Å². The predicted octanol–water partition coefficient (Wildman–Crippen LogP) is 5.01. The molecule has 218 valence electrons. The van der Waals surface area contributed by atoms with Gasteiger partial charge < -0.3 is 30.4 Å². The van der Waals surface area contributed by atoms with E-state index in [1.54, 1.807) is 26.5 Å². The summed E-state index contributed by atoms with van der Waals surface area (Å²) in [6, 6.07) is 9.18. The van der Waals surface area contributed by atoms with Crippen molar-refractivity contribution in [2.75, 3.05) is 32.8 Å². The lowest BCUT2D eigenvalue weighted by Gasteiger charge is -2.30. The van der Waals surface area contributed by atoms with Crippen LogP contribution in [0.3, 0.4) is 0 Å². The Morgan fingerprint density at radius 3 is 2.38 bits per heavy atom. The molecule has 0 saturated heterocycles. The molecular formula is C31H49N3O5. The Morgan fingerprint density at radius 1 is 1.03 bits per heavy atom. The number of hydrogen-bond acceptors (Lipinski definition) is 7. The molecule has 0 spiro atoms. The van der Waals surface area contributed by atoms with Crippen molar-refractivity contribution in [3.8, 4) is 11.5 Å². The van der Waals surface area contributed by atoms with Crippen molar-refractivity contribution in [1.29, 1.82) is 0 Å². The lowest BCUT2D eigenvalue weighted by Crippen LogP contribution is -2.41. The van der Waals surface area contributed by atoms with Crippen LogP contribution < -0.4 is 20.5 Å². The number of nitrogens with one attached hydrogen (secondary N) is 1. The van der Waals surface area contributed by atoms with E-state index in [0.717, 1.165) is 24.1 Å². The smallest absolute Gasteiger partial charge is 0.227 e. The average molecular weight is 544 g/mol. The standard InChI is InChI=1S/C31H49N3O5/c1-20(2)24(16-23-9-10-29(38-7)30(17-23)39-14-8-13-37-6)18-27(32)28(35)19-26(21(3)4)31(36)34-25-11-12-33-22(5)15-25/h9-12,15,17,20-21,24,26-28,35H,8,13-14,16,18-19,32H2,1-7H3,(H,33,34,36)/t24-,26-,27-,28-/m0/s1. The zero-order valence-corrected chi connectivity index (χ0v) is 24.8. The van der Waals surface area contributed by atoms with Crippen LogP contribution in [0.15, 0.2) is 36.5 Å². The van der Waals surface area contributed by atoms with Gasteiger partial charge in [-0.1, -0.05) is 33.8 Å². The van der Waals surface area contributed by atoms with Crippen molar-refractivity contribution in [3.05, 3.63) is 47.8 Å². The molecule has 2 aromatic rings. The summed E-state index contributed by atoms with van der Waals surface area (Å²) in [4.78, 5) is 17.3. The van der Waals surface area contributed by atoms with Gasteiger partial charge in [-0.15, -0.1) is 0 Å². The Labute approximate surface area is 234 Å². The molecule has 8 nitrogen and oxygen atoms in total. The van der Waals surface area contributed by atoms with Crippen LogP contribution in [0.5, 0.6) is 11.5 Å². The fourth-order valence-corrected chi connectivity index (χ4v) is 4.72. The zero-order valence-electron chi connectivity index (χ0n) is 24.8. The molecule has 0 saturated carbocycles. The second-order valence-corrected chi connectivity index (χ2v) is 11.1. The highest BCUT2D eigenvalue weighted by atomic mass is 16.5. The first-order valence-corrected chi connectivity index (χ1v) is 14.0. The monoisotopic (exact) mass is 543 g/mol. The molecule has 2 rings (SSSR count). The number of aryl methyl sites for hydroxylation is 1. The number of nitrogens with two attached hydrogens (primary N) is 1. The number of ether oxygens (including phenoxy) is 3. The second-order valence-electron chi connectivity index (χ2n) is 11.1. The summed E-state index contributed by atoms with van der Waals surface area (Å²) < 4.78 is 16.5. The van der Waals surface area contributed by atoms with Crippen LogP contribution in [0.4, 0.5) is 5.69 Å². The number of carbonyl (C=O) groups excluding carboxylic acids is 1. The summed E-state index contributed by atoms with van der Waals surface area (Å²) in [6.07, 6.45) is 3.42. The van der Waals surface area contributed by atoms with E-state index in [0.29, 0.717) is 49.2 Å². The van der Waals surface area contributed by atoms with Gasteiger partial charge in [0, 0.05) is 49.7 Å². The Hall–Kier alpha value is -2.68. The predicted molar refractivity (Wildman–Crippen MR) is 156 cm³/mol. The Morgan fingerprint density at radius 2 is 1.77 bits per heavy atom. The molecule has 4 atom stereocenters. The number of aliphatic hydroxyl groups excluding tert-OH is 1. The van der Waals surface area contributed by atoms with E-state index >= 15 is 0 Å². The molecule has 0 aliphatic rings. The van der Waals surface area contributed by atoms with Crippen molar-refractivity contribution in [2.24, 2.45) is 29.4 Å². The molecule has 0 unspecified atom stereocenters. The lowest BCUT2D eigenvalue weighted by atomic mass is 9.81. The van der Waals surface area contributed by atoms with Crippen LogP contribution in [-0.4, -0.2) is 55.6 Å². The van der Waals surface area contributed by atoms with E-state index < -0.39 is 12.1 Å². The molecule has 1 amide bonds. The number of carbonyl (C=O) groups is 1. The van der Waals surface area contributed by atoms with Gasteiger partial charge in [-0.25, -0.2) is 0 Å². The number of nitrogens with zero attached hydrogens (tertiary/aromatic N) is 1. The summed E-state index contributed by atoms with van der Waals surface area (Å²) in [5, 5.41) is 14.1. The summed E-state index contributed by atoms with van der Waals surface area (Å²) in [5.74, 6) is 1.59. The number of pyridine rings is 1. The van der Waals surface area contributed by atoms with Crippen molar-refractivity contribution < 1.29 is 24.1 Å². The van der Waals surface area contributed by atoms with Crippen LogP contribution in [-0.2, 0) is 16.0 Å². The average Bonchev–Trinajstić information content (AvgIpc) is 2.88. The first-order chi connectivity index (χ1) is 18.5. The Kier molecular flexibility index (Phi) is 13.7. The van der Waals surface area contributed by atoms with Gasteiger partial charge in [-0.3, -0.25) is 9.78 Å². The van der Waals surface area contributed by atoms with E-state index in [-0.39, 0.29) is 23.7 Å². The zero-order chi connectivity index (χ0) is 28.9. The van der Waals surface area contributed by atoms with E-state index in [9.17, 15) is 9.90 Å². The largest absolute Gasteiger partial charge is 0.493 e. The van der Waals surface area contributed by atoms with Crippen molar-refractivity contribution in [3.63, 3.8) is 0 Å². The molecule has 8 heteroatoms. The highest BCUT2D eigenvalue weighted by Gasteiger charge is 2.30. The quantitative estimate of drug-likeness (QED) is 0.240. The summed E-state index contributed by atoms with van der Waals surface area (Å²) in [7, 11) is 3.31. The van der Waals surface area contributed by atoms with Crippen LogP contribution in [0.1, 0.15) is 58.2 Å². The van der Waals surface area contributed by atoms with Crippen LogP contribution in [0, 0.1) is 30.6 Å². The molecule has 0 fully saturated rings. The molecule has 0 bridgehead atoms. The SMILES string of the molecule is COCCCOc1cc(C[C@@H](C[C@H](N)[C@@H](O)C[C@H](C(=O)Nc2ccnc(C)c2)C(C)C)C(C)C)ccc1OC. The number of amides is 1. The highest BCUT2D eigenvalue weighted by Crippen LogP contribution is 2.32. The third-order valence-corrected chi connectivity index (χ3v) is 7.29. The van der Waals surface area contributed by atoms with Crippen molar-refractivity contribution in [2.45, 2.75) is 72.4 Å². The number of methoxy groups -OCH3 is 2. The molecule has 4 N–H and O–H groups in total. The molecule has 0 radical (unpaired) electrons. The lowest BCUT2D eigenvalue weighted by molar-refractivity contribution is -0.122. The molecule has 1 aromatic heterocycles. The number of aromatic nitrogens is 1. The number of aliphatic hydroxyl groups is 1. The van der Waals surface area contributed by atoms with Gasteiger partial charge in [0.25, 0.3) is 0 Å². The second kappa shape index (κ2) is 16.4.